The van der Waals surface area contributed by atoms with Crippen molar-refractivity contribution in [2.45, 2.75) is 71.5 Å². The number of aliphatic hydroxyl groups is 1. The van der Waals surface area contributed by atoms with E-state index in [0.29, 0.717) is 12.1 Å². The highest BCUT2D eigenvalue weighted by atomic mass is 16.3. The van der Waals surface area contributed by atoms with Crippen molar-refractivity contribution in [1.29, 1.82) is 0 Å². The van der Waals surface area contributed by atoms with Gasteiger partial charge in [0.2, 0.25) is 0 Å². The molecule has 3 heteroatoms. The van der Waals surface area contributed by atoms with Gasteiger partial charge >= 0.3 is 0 Å². The molecule has 2 atom stereocenters. The minimum atomic E-state index is -0.156. The number of nitrogens with zero attached hydrogens (tertiary/aromatic N) is 1. The standard InChI is InChI=1S/C15H32N2O/c1-12(2)16-15(5,11-18)10-14(4)17-8-6-13(3)7-9-17/h12-14,16,18H,6-11H2,1-5H3. The maximum Gasteiger partial charge on any atom is 0.0611 e. The van der Waals surface area contributed by atoms with Crippen molar-refractivity contribution >= 4 is 0 Å². The Morgan fingerprint density at radius 2 is 1.83 bits per heavy atom. The van der Waals surface area contributed by atoms with Gasteiger partial charge in [-0.05, 0) is 52.1 Å². The summed E-state index contributed by atoms with van der Waals surface area (Å²) in [5.74, 6) is 0.881. The van der Waals surface area contributed by atoms with E-state index in [0.717, 1.165) is 12.3 Å². The van der Waals surface area contributed by atoms with Gasteiger partial charge in [-0.3, -0.25) is 0 Å². The second kappa shape index (κ2) is 6.88. The van der Waals surface area contributed by atoms with E-state index < -0.39 is 0 Å². The molecule has 0 aromatic rings. The molecule has 0 bridgehead atoms. The van der Waals surface area contributed by atoms with Gasteiger partial charge in [0.15, 0.2) is 0 Å². The first-order valence-corrected chi connectivity index (χ1v) is 7.49. The quantitative estimate of drug-likeness (QED) is 0.765. The van der Waals surface area contributed by atoms with Gasteiger partial charge in [-0.25, -0.2) is 0 Å². The van der Waals surface area contributed by atoms with Crippen molar-refractivity contribution in [3.05, 3.63) is 0 Å². The Morgan fingerprint density at radius 1 is 1.28 bits per heavy atom. The van der Waals surface area contributed by atoms with E-state index in [9.17, 15) is 5.11 Å². The molecule has 1 rings (SSSR count). The van der Waals surface area contributed by atoms with Crippen LogP contribution in [0, 0.1) is 5.92 Å². The van der Waals surface area contributed by atoms with Gasteiger partial charge in [0.1, 0.15) is 0 Å². The Bertz CT molecular complexity index is 237. The largest absolute Gasteiger partial charge is 0.394 e. The monoisotopic (exact) mass is 256 g/mol. The maximum absolute atomic E-state index is 9.64. The molecular weight excluding hydrogens is 224 g/mol. The smallest absolute Gasteiger partial charge is 0.0611 e. The van der Waals surface area contributed by atoms with Crippen LogP contribution in [0.25, 0.3) is 0 Å². The third-order valence-corrected chi connectivity index (χ3v) is 4.17. The van der Waals surface area contributed by atoms with Crippen molar-refractivity contribution in [1.82, 2.24) is 10.2 Å². The molecule has 0 radical (unpaired) electrons. The SMILES string of the molecule is CC1CCN(C(C)CC(C)(CO)NC(C)C)CC1. The second-order valence-corrected chi connectivity index (χ2v) is 6.79. The fourth-order valence-corrected chi connectivity index (χ4v) is 3.12. The van der Waals surface area contributed by atoms with Gasteiger partial charge in [-0.15, -0.1) is 0 Å². The lowest BCUT2D eigenvalue weighted by atomic mass is 9.90. The predicted octanol–water partition coefficient (Wildman–Crippen LogP) is 2.25. The highest BCUT2D eigenvalue weighted by Crippen LogP contribution is 2.22. The highest BCUT2D eigenvalue weighted by molar-refractivity contribution is 4.89. The van der Waals surface area contributed by atoms with Gasteiger partial charge in [0, 0.05) is 17.6 Å². The molecule has 0 spiro atoms. The summed E-state index contributed by atoms with van der Waals surface area (Å²) in [6, 6.07) is 0.955. The first kappa shape index (κ1) is 15.9. The Morgan fingerprint density at radius 3 is 2.28 bits per heavy atom. The summed E-state index contributed by atoms with van der Waals surface area (Å²) in [6.07, 6.45) is 3.64. The van der Waals surface area contributed by atoms with Gasteiger partial charge in [-0.2, -0.15) is 0 Å². The lowest BCUT2D eigenvalue weighted by Crippen LogP contribution is -2.53. The molecule has 1 heterocycles. The van der Waals surface area contributed by atoms with E-state index in [4.69, 9.17) is 0 Å². The summed E-state index contributed by atoms with van der Waals surface area (Å²) < 4.78 is 0. The van der Waals surface area contributed by atoms with Crippen molar-refractivity contribution in [2.75, 3.05) is 19.7 Å². The van der Waals surface area contributed by atoms with Crippen molar-refractivity contribution < 1.29 is 5.11 Å². The van der Waals surface area contributed by atoms with Crippen LogP contribution in [0.1, 0.15) is 53.9 Å². The summed E-state index contributed by atoms with van der Waals surface area (Å²) in [4.78, 5) is 2.58. The highest BCUT2D eigenvalue weighted by Gasteiger charge is 2.29. The molecule has 0 aromatic heterocycles. The van der Waals surface area contributed by atoms with E-state index in [1.54, 1.807) is 0 Å². The lowest BCUT2D eigenvalue weighted by Gasteiger charge is -2.40. The third kappa shape index (κ3) is 4.87. The van der Waals surface area contributed by atoms with E-state index in [1.807, 2.05) is 0 Å². The lowest BCUT2D eigenvalue weighted by molar-refractivity contribution is 0.0886. The average molecular weight is 256 g/mol. The van der Waals surface area contributed by atoms with Crippen molar-refractivity contribution in [3.8, 4) is 0 Å². The number of nitrogens with one attached hydrogen (secondary N) is 1. The number of likely N-dealkylation sites (tertiary alicyclic amines) is 1. The number of piperidine rings is 1. The van der Waals surface area contributed by atoms with Crippen molar-refractivity contribution in [2.24, 2.45) is 5.92 Å². The zero-order valence-electron chi connectivity index (χ0n) is 12.9. The molecule has 108 valence electrons. The van der Waals surface area contributed by atoms with Crippen LogP contribution in [0.4, 0.5) is 0 Å². The van der Waals surface area contributed by atoms with Gasteiger partial charge in [0.05, 0.1) is 6.61 Å². The average Bonchev–Trinajstić information content (AvgIpc) is 2.28. The summed E-state index contributed by atoms with van der Waals surface area (Å²) in [6.45, 7) is 13.7. The molecule has 0 aliphatic carbocycles. The predicted molar refractivity (Wildman–Crippen MR) is 77.8 cm³/mol. The molecule has 1 saturated heterocycles. The summed E-state index contributed by atoms with van der Waals surface area (Å²) in [5.41, 5.74) is -0.156. The summed E-state index contributed by atoms with van der Waals surface area (Å²) in [7, 11) is 0. The molecule has 0 saturated carbocycles. The molecule has 3 nitrogen and oxygen atoms in total. The zero-order valence-corrected chi connectivity index (χ0v) is 12.9. The number of aliphatic hydroxyl groups excluding tert-OH is 1. The van der Waals surface area contributed by atoms with Crippen LogP contribution in [0.5, 0.6) is 0 Å². The minimum Gasteiger partial charge on any atom is -0.394 e. The molecule has 2 N–H and O–H groups in total. The van der Waals surface area contributed by atoms with E-state index in [1.165, 1.54) is 25.9 Å². The Hall–Kier alpha value is -0.120. The van der Waals surface area contributed by atoms with Gasteiger partial charge < -0.3 is 15.3 Å². The molecule has 0 amide bonds. The topological polar surface area (TPSA) is 35.5 Å². The molecule has 2 unspecified atom stereocenters. The molecule has 1 fully saturated rings. The maximum atomic E-state index is 9.64. The number of rotatable bonds is 6. The first-order valence-electron chi connectivity index (χ1n) is 7.49. The van der Waals surface area contributed by atoms with Crippen LogP contribution in [0.2, 0.25) is 0 Å². The molecule has 18 heavy (non-hydrogen) atoms. The third-order valence-electron chi connectivity index (χ3n) is 4.17. The number of hydrogen-bond acceptors (Lipinski definition) is 3. The normalized spacial score (nSPS) is 24.2. The van der Waals surface area contributed by atoms with Gasteiger partial charge in [0.25, 0.3) is 0 Å². The molecule has 1 aliphatic rings. The van der Waals surface area contributed by atoms with E-state index in [-0.39, 0.29) is 12.1 Å². The molecule has 0 aromatic carbocycles. The first-order chi connectivity index (χ1) is 8.36. The molecular formula is C15H32N2O. The Labute approximate surface area is 113 Å². The van der Waals surface area contributed by atoms with E-state index in [2.05, 4.69) is 44.8 Å². The Kier molecular flexibility index (Phi) is 6.09. The van der Waals surface area contributed by atoms with E-state index >= 15 is 0 Å². The molecule has 1 aliphatic heterocycles. The summed E-state index contributed by atoms with van der Waals surface area (Å²) in [5, 5.41) is 13.2. The number of hydrogen-bond donors (Lipinski definition) is 2. The van der Waals surface area contributed by atoms with Crippen LogP contribution in [-0.2, 0) is 0 Å². The van der Waals surface area contributed by atoms with Gasteiger partial charge in [-0.1, -0.05) is 20.8 Å². The van der Waals surface area contributed by atoms with Crippen LogP contribution < -0.4 is 5.32 Å². The fraction of sp³-hybridized carbons (Fsp3) is 1.00. The summed E-state index contributed by atoms with van der Waals surface area (Å²) >= 11 is 0. The van der Waals surface area contributed by atoms with Crippen LogP contribution >= 0.6 is 0 Å². The fourth-order valence-electron chi connectivity index (χ4n) is 3.12. The second-order valence-electron chi connectivity index (χ2n) is 6.79. The van der Waals surface area contributed by atoms with Crippen molar-refractivity contribution in [3.63, 3.8) is 0 Å². The Balaban J connectivity index is 2.48. The zero-order chi connectivity index (χ0) is 13.8. The van der Waals surface area contributed by atoms with Crippen LogP contribution in [-0.4, -0.2) is 47.3 Å². The minimum absolute atomic E-state index is 0.156. The van der Waals surface area contributed by atoms with Crippen LogP contribution in [0.3, 0.4) is 0 Å². The van der Waals surface area contributed by atoms with Crippen LogP contribution in [0.15, 0.2) is 0 Å².